The fraction of sp³-hybridized carbons (Fsp3) is 0.357. The van der Waals surface area contributed by atoms with Crippen LogP contribution in [0, 0.1) is 0 Å². The molecule has 0 saturated heterocycles. The summed E-state index contributed by atoms with van der Waals surface area (Å²) in [5, 5.41) is 8.76. The van der Waals surface area contributed by atoms with E-state index in [9.17, 15) is 4.79 Å². The predicted molar refractivity (Wildman–Crippen MR) is 64.4 cm³/mol. The molecule has 0 amide bonds. The van der Waals surface area contributed by atoms with Crippen molar-refractivity contribution in [2.24, 2.45) is 0 Å². The standard InChI is InChI=1S/C14H16O2/c1-9(7-14(15)16)10(2)12-5-3-11-4-6-13(11)8-12/h3,5,8H,4,6-7H2,1-2H3,(H,15,16)/b10-9+. The van der Waals surface area contributed by atoms with E-state index >= 15 is 0 Å². The number of aryl methyl sites for hydroxylation is 2. The van der Waals surface area contributed by atoms with Crippen LogP contribution in [0.3, 0.4) is 0 Å². The van der Waals surface area contributed by atoms with Crippen LogP contribution >= 0.6 is 0 Å². The summed E-state index contributed by atoms with van der Waals surface area (Å²) in [4.78, 5) is 10.6. The zero-order valence-electron chi connectivity index (χ0n) is 9.71. The van der Waals surface area contributed by atoms with Gasteiger partial charge in [0.05, 0.1) is 6.42 Å². The fourth-order valence-corrected chi connectivity index (χ4v) is 2.03. The SMILES string of the molecule is C/C(CC(=O)O)=C(/C)c1ccc2c(c1)CC2. The molecule has 0 aliphatic heterocycles. The van der Waals surface area contributed by atoms with E-state index in [0.29, 0.717) is 0 Å². The molecule has 0 unspecified atom stereocenters. The van der Waals surface area contributed by atoms with E-state index in [-0.39, 0.29) is 6.42 Å². The number of carboxylic acid groups (broad SMARTS) is 1. The third-order valence-corrected chi connectivity index (χ3v) is 3.36. The summed E-state index contributed by atoms with van der Waals surface area (Å²) in [6.07, 6.45) is 2.48. The second-order valence-electron chi connectivity index (χ2n) is 4.46. The molecule has 0 saturated carbocycles. The molecule has 2 rings (SSSR count). The quantitative estimate of drug-likeness (QED) is 0.843. The van der Waals surface area contributed by atoms with E-state index in [1.165, 1.54) is 17.5 Å². The van der Waals surface area contributed by atoms with E-state index in [4.69, 9.17) is 5.11 Å². The summed E-state index contributed by atoms with van der Waals surface area (Å²) in [6, 6.07) is 6.45. The number of allylic oxidation sites excluding steroid dienone is 1. The van der Waals surface area contributed by atoms with Gasteiger partial charge in [0.25, 0.3) is 0 Å². The van der Waals surface area contributed by atoms with Gasteiger partial charge in [-0.3, -0.25) is 4.79 Å². The highest BCUT2D eigenvalue weighted by atomic mass is 16.4. The Balaban J connectivity index is 2.29. The van der Waals surface area contributed by atoms with Gasteiger partial charge < -0.3 is 5.11 Å². The second kappa shape index (κ2) is 4.12. The molecule has 2 heteroatoms. The van der Waals surface area contributed by atoms with E-state index in [2.05, 4.69) is 18.2 Å². The molecule has 16 heavy (non-hydrogen) atoms. The third-order valence-electron chi connectivity index (χ3n) is 3.36. The van der Waals surface area contributed by atoms with Crippen LogP contribution in [0.25, 0.3) is 5.57 Å². The molecule has 0 spiro atoms. The van der Waals surface area contributed by atoms with Gasteiger partial charge in [-0.15, -0.1) is 0 Å². The molecular formula is C14H16O2. The molecule has 1 aromatic rings. The molecule has 0 radical (unpaired) electrons. The maximum absolute atomic E-state index is 10.6. The number of rotatable bonds is 3. The van der Waals surface area contributed by atoms with Crippen molar-refractivity contribution < 1.29 is 9.90 Å². The van der Waals surface area contributed by atoms with Crippen LogP contribution in [-0.2, 0) is 17.6 Å². The Morgan fingerprint density at radius 2 is 1.94 bits per heavy atom. The summed E-state index contributed by atoms with van der Waals surface area (Å²) in [6.45, 7) is 3.89. The normalized spacial score (nSPS) is 14.9. The average molecular weight is 216 g/mol. The van der Waals surface area contributed by atoms with Gasteiger partial charge in [-0.1, -0.05) is 23.8 Å². The van der Waals surface area contributed by atoms with Crippen LogP contribution in [0.15, 0.2) is 23.8 Å². The van der Waals surface area contributed by atoms with E-state index in [1.807, 2.05) is 13.8 Å². The number of fused-ring (bicyclic) bond motifs is 1. The van der Waals surface area contributed by atoms with Crippen LogP contribution in [0.2, 0.25) is 0 Å². The van der Waals surface area contributed by atoms with Gasteiger partial charge in [0.1, 0.15) is 0 Å². The largest absolute Gasteiger partial charge is 0.481 e. The second-order valence-corrected chi connectivity index (χ2v) is 4.46. The maximum atomic E-state index is 10.6. The van der Waals surface area contributed by atoms with Crippen molar-refractivity contribution in [3.8, 4) is 0 Å². The van der Waals surface area contributed by atoms with Crippen molar-refractivity contribution in [1.29, 1.82) is 0 Å². The molecule has 0 atom stereocenters. The maximum Gasteiger partial charge on any atom is 0.307 e. The minimum absolute atomic E-state index is 0.128. The number of hydrogen-bond acceptors (Lipinski definition) is 1. The molecule has 0 heterocycles. The van der Waals surface area contributed by atoms with Crippen LogP contribution in [0.5, 0.6) is 0 Å². The zero-order valence-corrected chi connectivity index (χ0v) is 9.71. The van der Waals surface area contributed by atoms with Crippen molar-refractivity contribution >= 4 is 11.5 Å². The number of carbonyl (C=O) groups is 1. The number of hydrogen-bond donors (Lipinski definition) is 1. The van der Waals surface area contributed by atoms with Crippen molar-refractivity contribution in [2.75, 3.05) is 0 Å². The van der Waals surface area contributed by atoms with Gasteiger partial charge in [-0.05, 0) is 49.0 Å². The van der Waals surface area contributed by atoms with Crippen molar-refractivity contribution in [3.05, 3.63) is 40.5 Å². The molecule has 1 aromatic carbocycles. The highest BCUT2D eigenvalue weighted by Crippen LogP contribution is 2.28. The van der Waals surface area contributed by atoms with Gasteiger partial charge in [0, 0.05) is 0 Å². The Morgan fingerprint density at radius 3 is 2.44 bits per heavy atom. The van der Waals surface area contributed by atoms with E-state index in [1.54, 1.807) is 0 Å². The van der Waals surface area contributed by atoms with Crippen molar-refractivity contribution in [2.45, 2.75) is 33.1 Å². The molecule has 0 aromatic heterocycles. The number of aliphatic carboxylic acids is 1. The molecular weight excluding hydrogens is 200 g/mol. The summed E-state index contributed by atoms with van der Waals surface area (Å²) < 4.78 is 0. The van der Waals surface area contributed by atoms with Crippen LogP contribution in [-0.4, -0.2) is 11.1 Å². The monoisotopic (exact) mass is 216 g/mol. The molecule has 1 N–H and O–H groups in total. The molecule has 2 nitrogen and oxygen atoms in total. The number of benzene rings is 1. The fourth-order valence-electron chi connectivity index (χ4n) is 2.03. The van der Waals surface area contributed by atoms with Crippen LogP contribution in [0.1, 0.15) is 37.0 Å². The first-order valence-electron chi connectivity index (χ1n) is 5.58. The lowest BCUT2D eigenvalue weighted by molar-refractivity contribution is -0.136. The molecule has 1 aliphatic rings. The van der Waals surface area contributed by atoms with Gasteiger partial charge in [0.15, 0.2) is 0 Å². The Bertz CT molecular complexity index is 470. The highest BCUT2D eigenvalue weighted by molar-refractivity contribution is 5.76. The Hall–Kier alpha value is -1.57. The van der Waals surface area contributed by atoms with Crippen LogP contribution in [0.4, 0.5) is 0 Å². The average Bonchev–Trinajstić information content (AvgIpc) is 2.18. The third kappa shape index (κ3) is 2.01. The first-order chi connectivity index (χ1) is 7.58. The Kier molecular flexibility index (Phi) is 2.82. The van der Waals surface area contributed by atoms with Gasteiger partial charge >= 0.3 is 5.97 Å². The van der Waals surface area contributed by atoms with Gasteiger partial charge in [-0.2, -0.15) is 0 Å². The molecule has 0 bridgehead atoms. The number of carboxylic acids is 1. The lowest BCUT2D eigenvalue weighted by Gasteiger charge is -2.20. The molecule has 0 fully saturated rings. The van der Waals surface area contributed by atoms with E-state index in [0.717, 1.165) is 23.1 Å². The lowest BCUT2D eigenvalue weighted by Crippen LogP contribution is -2.08. The molecule has 84 valence electrons. The minimum Gasteiger partial charge on any atom is -0.481 e. The highest BCUT2D eigenvalue weighted by Gasteiger charge is 2.14. The predicted octanol–water partition coefficient (Wildman–Crippen LogP) is 3.05. The molecule has 1 aliphatic carbocycles. The van der Waals surface area contributed by atoms with E-state index < -0.39 is 5.97 Å². The lowest BCUT2D eigenvalue weighted by atomic mass is 9.85. The zero-order chi connectivity index (χ0) is 11.7. The van der Waals surface area contributed by atoms with Crippen molar-refractivity contribution in [1.82, 2.24) is 0 Å². The summed E-state index contributed by atoms with van der Waals surface area (Å²) in [5.41, 5.74) is 6.05. The minimum atomic E-state index is -0.763. The van der Waals surface area contributed by atoms with Gasteiger partial charge in [0.2, 0.25) is 0 Å². The summed E-state index contributed by atoms with van der Waals surface area (Å²) >= 11 is 0. The topological polar surface area (TPSA) is 37.3 Å². The first-order valence-corrected chi connectivity index (χ1v) is 5.58. The Labute approximate surface area is 95.6 Å². The first kappa shape index (κ1) is 10.9. The van der Waals surface area contributed by atoms with Crippen LogP contribution < -0.4 is 0 Å². The van der Waals surface area contributed by atoms with Gasteiger partial charge in [-0.25, -0.2) is 0 Å². The summed E-state index contributed by atoms with van der Waals surface area (Å²) in [5.74, 6) is -0.763. The Morgan fingerprint density at radius 1 is 1.25 bits per heavy atom. The smallest absolute Gasteiger partial charge is 0.307 e. The van der Waals surface area contributed by atoms with Crippen molar-refractivity contribution in [3.63, 3.8) is 0 Å². The summed E-state index contributed by atoms with van der Waals surface area (Å²) in [7, 11) is 0.